The van der Waals surface area contributed by atoms with Gasteiger partial charge in [-0.2, -0.15) is 0 Å². The zero-order chi connectivity index (χ0) is 10.2. The number of aliphatic hydroxyl groups is 1. The molecule has 78 valence electrons. The molecule has 0 amide bonds. The Bertz CT molecular complexity index is 249. The second-order valence-electron chi connectivity index (χ2n) is 3.06. The third kappa shape index (κ3) is 3.70. The molecule has 0 saturated heterocycles. The van der Waals surface area contributed by atoms with Crippen LogP contribution in [-0.4, -0.2) is 21.7 Å². The molecule has 14 heavy (non-hydrogen) atoms. The van der Waals surface area contributed by atoms with E-state index in [-0.39, 0.29) is 6.61 Å². The van der Waals surface area contributed by atoms with Gasteiger partial charge in [0.25, 0.3) is 0 Å². The lowest BCUT2D eigenvalue weighted by Gasteiger charge is -2.03. The van der Waals surface area contributed by atoms with Gasteiger partial charge >= 0.3 is 0 Å². The van der Waals surface area contributed by atoms with Crippen molar-refractivity contribution < 1.29 is 9.84 Å². The quantitative estimate of drug-likeness (QED) is 0.701. The highest BCUT2D eigenvalue weighted by Crippen LogP contribution is 2.05. The third-order valence-corrected chi connectivity index (χ3v) is 1.84. The van der Waals surface area contributed by atoms with E-state index in [1.807, 2.05) is 0 Å². The van der Waals surface area contributed by atoms with Crippen LogP contribution in [0.5, 0.6) is 5.88 Å². The SMILES string of the molecule is CCCCCOc1cnc(CO)cn1. The first kappa shape index (κ1) is 10.9. The van der Waals surface area contributed by atoms with Crippen LogP contribution in [0.2, 0.25) is 0 Å². The molecule has 0 saturated carbocycles. The van der Waals surface area contributed by atoms with Gasteiger partial charge in [0, 0.05) is 0 Å². The molecule has 0 spiro atoms. The summed E-state index contributed by atoms with van der Waals surface area (Å²) in [7, 11) is 0. The molecule has 0 aliphatic rings. The van der Waals surface area contributed by atoms with Crippen molar-refractivity contribution >= 4 is 0 Å². The van der Waals surface area contributed by atoms with Crippen LogP contribution in [0, 0.1) is 0 Å². The van der Waals surface area contributed by atoms with Crippen LogP contribution in [0.25, 0.3) is 0 Å². The molecular weight excluding hydrogens is 180 g/mol. The smallest absolute Gasteiger partial charge is 0.232 e. The van der Waals surface area contributed by atoms with Crippen LogP contribution in [0.3, 0.4) is 0 Å². The van der Waals surface area contributed by atoms with Crippen molar-refractivity contribution in [1.82, 2.24) is 9.97 Å². The van der Waals surface area contributed by atoms with Crippen LogP contribution in [0.15, 0.2) is 12.4 Å². The molecule has 1 aromatic heterocycles. The topological polar surface area (TPSA) is 55.2 Å². The number of aliphatic hydroxyl groups excluding tert-OH is 1. The fourth-order valence-corrected chi connectivity index (χ4v) is 1.03. The average molecular weight is 196 g/mol. The monoisotopic (exact) mass is 196 g/mol. The highest BCUT2D eigenvalue weighted by molar-refractivity contribution is 5.06. The summed E-state index contributed by atoms with van der Waals surface area (Å²) in [6, 6.07) is 0. The molecule has 4 nitrogen and oxygen atoms in total. The van der Waals surface area contributed by atoms with Gasteiger partial charge in [-0.05, 0) is 6.42 Å². The number of rotatable bonds is 6. The van der Waals surface area contributed by atoms with E-state index in [0.717, 1.165) is 6.42 Å². The number of ether oxygens (including phenoxy) is 1. The Kier molecular flexibility index (Phi) is 4.93. The standard InChI is InChI=1S/C10H16N2O2/c1-2-3-4-5-14-10-7-11-9(8-13)6-12-10/h6-7,13H,2-5,8H2,1H3. The molecule has 1 N–H and O–H groups in total. The van der Waals surface area contributed by atoms with Crippen molar-refractivity contribution in [2.75, 3.05) is 6.61 Å². The summed E-state index contributed by atoms with van der Waals surface area (Å²) in [4.78, 5) is 7.96. The van der Waals surface area contributed by atoms with Gasteiger partial charge in [0.05, 0.1) is 31.3 Å². The molecule has 0 aromatic carbocycles. The molecule has 0 radical (unpaired) electrons. The van der Waals surface area contributed by atoms with Crippen LogP contribution >= 0.6 is 0 Å². The van der Waals surface area contributed by atoms with Crippen LogP contribution in [-0.2, 0) is 6.61 Å². The van der Waals surface area contributed by atoms with Crippen LogP contribution in [0.4, 0.5) is 0 Å². The number of hydrogen-bond acceptors (Lipinski definition) is 4. The van der Waals surface area contributed by atoms with Gasteiger partial charge in [-0.1, -0.05) is 19.8 Å². The molecule has 4 heteroatoms. The fourth-order valence-electron chi connectivity index (χ4n) is 1.03. The van der Waals surface area contributed by atoms with Crippen molar-refractivity contribution in [2.45, 2.75) is 32.8 Å². The lowest BCUT2D eigenvalue weighted by molar-refractivity contribution is 0.272. The van der Waals surface area contributed by atoms with Crippen molar-refractivity contribution in [3.63, 3.8) is 0 Å². The van der Waals surface area contributed by atoms with E-state index < -0.39 is 0 Å². The maximum absolute atomic E-state index is 8.73. The Hall–Kier alpha value is -1.16. The molecule has 0 aliphatic carbocycles. The molecule has 1 rings (SSSR count). The van der Waals surface area contributed by atoms with Crippen molar-refractivity contribution in [2.24, 2.45) is 0 Å². The minimum absolute atomic E-state index is 0.0802. The predicted molar refractivity (Wildman–Crippen MR) is 53.0 cm³/mol. The van der Waals surface area contributed by atoms with Gasteiger partial charge in [0.2, 0.25) is 5.88 Å². The van der Waals surface area contributed by atoms with E-state index in [2.05, 4.69) is 16.9 Å². The van der Waals surface area contributed by atoms with Gasteiger partial charge in [0.15, 0.2) is 0 Å². The minimum Gasteiger partial charge on any atom is -0.477 e. The summed E-state index contributed by atoms with van der Waals surface area (Å²) in [6.45, 7) is 2.75. The lowest BCUT2D eigenvalue weighted by Crippen LogP contribution is -2.00. The zero-order valence-electron chi connectivity index (χ0n) is 8.44. The molecule has 0 aliphatic heterocycles. The Labute approximate surface area is 84.0 Å². The largest absolute Gasteiger partial charge is 0.477 e. The fraction of sp³-hybridized carbons (Fsp3) is 0.600. The maximum atomic E-state index is 8.73. The average Bonchev–Trinajstić information content (AvgIpc) is 2.25. The summed E-state index contributed by atoms with van der Waals surface area (Å²) in [5.41, 5.74) is 0.561. The van der Waals surface area contributed by atoms with Gasteiger partial charge in [-0.25, -0.2) is 4.98 Å². The lowest BCUT2D eigenvalue weighted by atomic mass is 10.3. The highest BCUT2D eigenvalue weighted by Gasteiger charge is 1.96. The summed E-state index contributed by atoms with van der Waals surface area (Å²) < 4.78 is 5.35. The maximum Gasteiger partial charge on any atom is 0.232 e. The van der Waals surface area contributed by atoms with E-state index in [4.69, 9.17) is 9.84 Å². The molecule has 0 atom stereocenters. The van der Waals surface area contributed by atoms with E-state index in [9.17, 15) is 0 Å². The van der Waals surface area contributed by atoms with Gasteiger partial charge in [-0.15, -0.1) is 0 Å². The van der Waals surface area contributed by atoms with Crippen molar-refractivity contribution in [3.8, 4) is 5.88 Å². The van der Waals surface area contributed by atoms with Crippen molar-refractivity contribution in [1.29, 1.82) is 0 Å². The minimum atomic E-state index is -0.0802. The molecule has 0 unspecified atom stereocenters. The summed E-state index contributed by atoms with van der Waals surface area (Å²) in [6.07, 6.45) is 6.45. The summed E-state index contributed by atoms with van der Waals surface area (Å²) in [5, 5.41) is 8.73. The first-order chi connectivity index (χ1) is 6.86. The number of nitrogens with zero attached hydrogens (tertiary/aromatic N) is 2. The number of unbranched alkanes of at least 4 members (excludes halogenated alkanes) is 2. The van der Waals surface area contributed by atoms with E-state index in [0.29, 0.717) is 18.2 Å². The van der Waals surface area contributed by atoms with Crippen LogP contribution in [0.1, 0.15) is 31.9 Å². The first-order valence-corrected chi connectivity index (χ1v) is 4.91. The Morgan fingerprint density at radius 1 is 1.29 bits per heavy atom. The van der Waals surface area contributed by atoms with Crippen LogP contribution < -0.4 is 4.74 Å². The normalized spacial score (nSPS) is 10.1. The first-order valence-electron chi connectivity index (χ1n) is 4.91. The van der Waals surface area contributed by atoms with E-state index in [1.165, 1.54) is 25.2 Å². The van der Waals surface area contributed by atoms with Gasteiger partial charge < -0.3 is 9.84 Å². The Balaban J connectivity index is 2.29. The molecule has 1 aromatic rings. The van der Waals surface area contributed by atoms with E-state index >= 15 is 0 Å². The summed E-state index contributed by atoms with van der Waals surface area (Å²) >= 11 is 0. The second kappa shape index (κ2) is 6.32. The third-order valence-electron chi connectivity index (χ3n) is 1.84. The van der Waals surface area contributed by atoms with Gasteiger partial charge in [0.1, 0.15) is 0 Å². The second-order valence-corrected chi connectivity index (χ2v) is 3.06. The highest BCUT2D eigenvalue weighted by atomic mass is 16.5. The molecular formula is C10H16N2O2. The molecule has 1 heterocycles. The Morgan fingerprint density at radius 2 is 2.14 bits per heavy atom. The Morgan fingerprint density at radius 3 is 2.71 bits per heavy atom. The number of hydrogen-bond donors (Lipinski definition) is 1. The number of aromatic nitrogens is 2. The van der Waals surface area contributed by atoms with E-state index in [1.54, 1.807) is 0 Å². The molecule has 0 bridgehead atoms. The predicted octanol–water partition coefficient (Wildman–Crippen LogP) is 1.54. The summed E-state index contributed by atoms with van der Waals surface area (Å²) in [5.74, 6) is 0.526. The zero-order valence-corrected chi connectivity index (χ0v) is 8.44. The molecule has 0 fully saturated rings. The van der Waals surface area contributed by atoms with Crippen molar-refractivity contribution in [3.05, 3.63) is 18.1 Å². The van der Waals surface area contributed by atoms with Gasteiger partial charge in [-0.3, -0.25) is 4.98 Å².